The number of fused-ring (bicyclic) bond motifs is 1. The third-order valence-corrected chi connectivity index (χ3v) is 4.89. The van der Waals surface area contributed by atoms with Gasteiger partial charge >= 0.3 is 0 Å². The van der Waals surface area contributed by atoms with Crippen LogP contribution < -0.4 is 5.32 Å². The van der Waals surface area contributed by atoms with Crippen LogP contribution in [-0.2, 0) is 11.2 Å². The van der Waals surface area contributed by atoms with E-state index in [1.54, 1.807) is 11.3 Å². The highest BCUT2D eigenvalue weighted by Crippen LogP contribution is 2.37. The molecule has 0 spiro atoms. The number of amides is 1. The van der Waals surface area contributed by atoms with Crippen LogP contribution in [0, 0.1) is 12.8 Å². The zero-order valence-electron chi connectivity index (χ0n) is 13.0. The summed E-state index contributed by atoms with van der Waals surface area (Å²) in [6, 6.07) is 0.224. The molecular weight excluding hydrogens is 329 g/mol. The number of nitrogens with one attached hydrogen (secondary N) is 1. The molecule has 1 aromatic heterocycles. The summed E-state index contributed by atoms with van der Waals surface area (Å²) in [5.41, 5.74) is 1.21. The Morgan fingerprint density at radius 2 is 2.19 bits per heavy atom. The first-order chi connectivity index (χ1) is 9.04. The second-order valence-corrected chi connectivity index (χ2v) is 6.59. The third-order valence-electron chi connectivity index (χ3n) is 3.78. The molecule has 1 aliphatic rings. The van der Waals surface area contributed by atoms with E-state index in [4.69, 9.17) is 0 Å². The Hall–Kier alpha value is -0.360. The Kier molecular flexibility index (Phi) is 8.78. The minimum absolute atomic E-state index is 0. The summed E-state index contributed by atoms with van der Waals surface area (Å²) in [5, 5.41) is 4.18. The van der Waals surface area contributed by atoms with Crippen molar-refractivity contribution in [3.63, 3.8) is 0 Å². The van der Waals surface area contributed by atoms with Gasteiger partial charge in [0.05, 0.1) is 21.6 Å². The van der Waals surface area contributed by atoms with Crippen LogP contribution in [0.1, 0.15) is 41.4 Å². The monoisotopic (exact) mass is 353 g/mol. The summed E-state index contributed by atoms with van der Waals surface area (Å²) < 4.78 is 0. The maximum atomic E-state index is 12.4. The van der Waals surface area contributed by atoms with Gasteiger partial charge in [-0.25, -0.2) is 4.98 Å². The molecule has 1 N–H and O–H groups in total. The highest BCUT2D eigenvalue weighted by molar-refractivity contribution is 7.11. The molecule has 0 bridgehead atoms. The quantitative estimate of drug-likeness (QED) is 0.904. The third kappa shape index (κ3) is 4.55. The van der Waals surface area contributed by atoms with Gasteiger partial charge in [0.15, 0.2) is 0 Å². The molecule has 2 rings (SSSR count). The van der Waals surface area contributed by atoms with Crippen LogP contribution in [0.2, 0.25) is 0 Å². The van der Waals surface area contributed by atoms with Gasteiger partial charge in [-0.05, 0) is 33.2 Å². The lowest BCUT2D eigenvalue weighted by molar-refractivity contribution is -0.136. The van der Waals surface area contributed by atoms with Gasteiger partial charge < -0.3 is 10.2 Å². The number of halogens is 2. The van der Waals surface area contributed by atoms with E-state index in [1.807, 2.05) is 32.8 Å². The summed E-state index contributed by atoms with van der Waals surface area (Å²) in [5.74, 6) is 0.243. The summed E-state index contributed by atoms with van der Waals surface area (Å²) in [6.45, 7) is 4.76. The average Bonchev–Trinajstić information content (AvgIpc) is 2.77. The average molecular weight is 354 g/mol. The van der Waals surface area contributed by atoms with Gasteiger partial charge in [-0.1, -0.05) is 6.92 Å². The number of aryl methyl sites for hydroxylation is 2. The predicted octanol–water partition coefficient (Wildman–Crippen LogP) is 2.99. The Bertz CT molecular complexity index is 467. The van der Waals surface area contributed by atoms with Gasteiger partial charge in [0, 0.05) is 19.5 Å². The number of thiazole rings is 1. The normalized spacial score (nSPS) is 18.0. The lowest BCUT2D eigenvalue weighted by Crippen LogP contribution is -2.39. The van der Waals surface area contributed by atoms with Crippen LogP contribution in [-0.4, -0.2) is 36.4 Å². The van der Waals surface area contributed by atoms with Crippen LogP contribution in [0.4, 0.5) is 0 Å². The number of nitrogens with zero attached hydrogens (tertiary/aromatic N) is 2. The fourth-order valence-electron chi connectivity index (χ4n) is 2.78. The van der Waals surface area contributed by atoms with Crippen molar-refractivity contribution in [2.75, 3.05) is 20.6 Å². The van der Waals surface area contributed by atoms with Crippen molar-refractivity contribution in [1.82, 2.24) is 15.2 Å². The van der Waals surface area contributed by atoms with Crippen molar-refractivity contribution in [3.05, 3.63) is 15.6 Å². The second-order valence-electron chi connectivity index (χ2n) is 5.36. The summed E-state index contributed by atoms with van der Waals surface area (Å²) in [4.78, 5) is 20.2. The Morgan fingerprint density at radius 1 is 1.52 bits per heavy atom. The smallest absolute Gasteiger partial charge is 0.226 e. The molecule has 2 atom stereocenters. The van der Waals surface area contributed by atoms with Crippen molar-refractivity contribution < 1.29 is 4.79 Å². The lowest BCUT2D eigenvalue weighted by Gasteiger charge is -2.32. The van der Waals surface area contributed by atoms with Gasteiger partial charge in [0.2, 0.25) is 5.91 Å². The van der Waals surface area contributed by atoms with Gasteiger partial charge in [-0.15, -0.1) is 36.2 Å². The molecular formula is C14H25Cl2N3OS. The van der Waals surface area contributed by atoms with Crippen LogP contribution in [0.15, 0.2) is 0 Å². The number of hydrogen-bond donors (Lipinski definition) is 1. The molecule has 0 saturated carbocycles. The van der Waals surface area contributed by atoms with Gasteiger partial charge in [0.1, 0.15) is 0 Å². The molecule has 1 aromatic rings. The van der Waals surface area contributed by atoms with E-state index < -0.39 is 0 Å². The van der Waals surface area contributed by atoms with Gasteiger partial charge in [0.25, 0.3) is 0 Å². The van der Waals surface area contributed by atoms with Crippen molar-refractivity contribution in [2.45, 2.75) is 39.2 Å². The van der Waals surface area contributed by atoms with E-state index in [0.717, 1.165) is 30.8 Å². The van der Waals surface area contributed by atoms with Crippen molar-refractivity contribution >= 4 is 42.1 Å². The molecule has 0 aliphatic heterocycles. The summed E-state index contributed by atoms with van der Waals surface area (Å²) in [7, 11) is 3.82. The minimum Gasteiger partial charge on any atom is -0.338 e. The first kappa shape index (κ1) is 20.6. The molecule has 0 fully saturated rings. The van der Waals surface area contributed by atoms with E-state index in [1.165, 1.54) is 10.6 Å². The molecule has 122 valence electrons. The van der Waals surface area contributed by atoms with E-state index in [9.17, 15) is 4.79 Å². The maximum absolute atomic E-state index is 12.4. The number of carbonyl (C=O) groups excluding carboxylic acids is 1. The fourth-order valence-corrected chi connectivity index (χ4v) is 3.94. The van der Waals surface area contributed by atoms with Gasteiger partial charge in [-0.2, -0.15) is 0 Å². The molecule has 0 saturated heterocycles. The lowest BCUT2D eigenvalue weighted by atomic mass is 9.96. The number of carbonyl (C=O) groups is 1. The summed E-state index contributed by atoms with van der Waals surface area (Å²) >= 11 is 1.75. The highest BCUT2D eigenvalue weighted by Gasteiger charge is 2.31. The Morgan fingerprint density at radius 3 is 2.81 bits per heavy atom. The fraction of sp³-hybridized carbons (Fsp3) is 0.714. The van der Waals surface area contributed by atoms with E-state index in [0.29, 0.717) is 0 Å². The Labute approximate surface area is 143 Å². The molecule has 0 radical (unpaired) electrons. The van der Waals surface area contributed by atoms with E-state index in [2.05, 4.69) is 10.3 Å². The number of hydrogen-bond acceptors (Lipinski definition) is 4. The molecule has 1 heterocycles. The number of rotatable bonds is 4. The topological polar surface area (TPSA) is 45.2 Å². The molecule has 4 nitrogen and oxygen atoms in total. The van der Waals surface area contributed by atoms with Gasteiger partial charge in [-0.3, -0.25) is 4.79 Å². The molecule has 1 aliphatic carbocycles. The van der Waals surface area contributed by atoms with Crippen LogP contribution >= 0.6 is 36.2 Å². The first-order valence-electron chi connectivity index (χ1n) is 6.92. The molecule has 7 heteroatoms. The maximum Gasteiger partial charge on any atom is 0.226 e. The van der Waals surface area contributed by atoms with Crippen LogP contribution in [0.25, 0.3) is 0 Å². The zero-order chi connectivity index (χ0) is 14.0. The van der Waals surface area contributed by atoms with Crippen molar-refractivity contribution in [2.24, 2.45) is 5.92 Å². The molecule has 0 aromatic carbocycles. The highest BCUT2D eigenvalue weighted by atomic mass is 35.5. The Balaban J connectivity index is 0.00000200. The predicted molar refractivity (Wildman–Crippen MR) is 92.9 cm³/mol. The van der Waals surface area contributed by atoms with Crippen LogP contribution in [0.3, 0.4) is 0 Å². The standard InChI is InChI=1S/C14H23N3OS.2ClH/c1-9(8-15-3)14(18)17(4)12-7-5-6-11-13(12)19-10(2)16-11;;/h9,12,15H,5-8H2,1-4H3;2*1H. The SMILES string of the molecule is CNCC(C)C(=O)N(C)C1CCCc2nc(C)sc21.Cl.Cl. The first-order valence-corrected chi connectivity index (χ1v) is 7.73. The van der Waals surface area contributed by atoms with Crippen LogP contribution in [0.5, 0.6) is 0 Å². The van der Waals surface area contributed by atoms with Crippen molar-refractivity contribution in [1.29, 1.82) is 0 Å². The number of aromatic nitrogens is 1. The largest absolute Gasteiger partial charge is 0.338 e. The molecule has 2 unspecified atom stereocenters. The zero-order valence-corrected chi connectivity index (χ0v) is 15.5. The second kappa shape index (κ2) is 8.93. The molecule has 1 amide bonds. The molecule has 21 heavy (non-hydrogen) atoms. The van der Waals surface area contributed by atoms with E-state index in [-0.39, 0.29) is 42.7 Å². The van der Waals surface area contributed by atoms with Crippen molar-refractivity contribution in [3.8, 4) is 0 Å². The van der Waals surface area contributed by atoms with E-state index >= 15 is 0 Å². The minimum atomic E-state index is 0. The summed E-state index contributed by atoms with van der Waals surface area (Å²) in [6.07, 6.45) is 3.24.